The number of halogens is 3. The first-order valence-electron chi connectivity index (χ1n) is 10.8. The lowest BCUT2D eigenvalue weighted by atomic mass is 9.87. The Bertz CT molecular complexity index is 811. The van der Waals surface area contributed by atoms with E-state index in [-0.39, 0.29) is 30.3 Å². The quantitative estimate of drug-likeness (QED) is 0.725. The largest absolute Gasteiger partial charge is 0.416 e. The van der Waals surface area contributed by atoms with Gasteiger partial charge in [0, 0.05) is 51.6 Å². The molecule has 172 valence electrons. The zero-order valence-electron chi connectivity index (χ0n) is 18.7. The molecule has 5 nitrogen and oxygen atoms in total. The van der Waals surface area contributed by atoms with Crippen LogP contribution in [0.1, 0.15) is 44.2 Å². The average molecular weight is 440 g/mol. The number of nitrogens with zero attached hydrogens (tertiary/aromatic N) is 3. The van der Waals surface area contributed by atoms with Gasteiger partial charge in [-0.15, -0.1) is 0 Å². The number of carbonyl (C=O) groups is 2. The summed E-state index contributed by atoms with van der Waals surface area (Å²) in [7, 11) is 2.00. The van der Waals surface area contributed by atoms with Crippen molar-refractivity contribution in [2.24, 2.45) is 11.3 Å². The van der Waals surface area contributed by atoms with Gasteiger partial charge >= 0.3 is 6.18 Å². The predicted octanol–water partition coefficient (Wildman–Crippen LogP) is 3.46. The minimum absolute atomic E-state index is 0.0573. The number of amides is 2. The Hall–Kier alpha value is -2.09. The molecule has 2 aliphatic heterocycles. The van der Waals surface area contributed by atoms with Gasteiger partial charge in [0.1, 0.15) is 0 Å². The lowest BCUT2D eigenvalue weighted by Crippen LogP contribution is -2.50. The van der Waals surface area contributed by atoms with Crippen LogP contribution in [0.3, 0.4) is 0 Å². The van der Waals surface area contributed by atoms with E-state index < -0.39 is 23.6 Å². The maximum atomic E-state index is 13.4. The lowest BCUT2D eigenvalue weighted by molar-refractivity contribution is -0.138. The fourth-order valence-corrected chi connectivity index (χ4v) is 4.37. The van der Waals surface area contributed by atoms with Crippen molar-refractivity contribution in [2.45, 2.75) is 39.3 Å². The molecule has 2 atom stereocenters. The molecule has 0 spiro atoms. The molecule has 0 N–H and O–H groups in total. The third kappa shape index (κ3) is 5.79. The molecule has 2 unspecified atom stereocenters. The Balaban J connectivity index is 1.88. The summed E-state index contributed by atoms with van der Waals surface area (Å²) in [6, 6.07) is 5.20. The molecule has 2 saturated heterocycles. The molecular formula is C23H32F3N3O2. The second-order valence-electron chi connectivity index (χ2n) is 10.0. The monoisotopic (exact) mass is 439 g/mol. The summed E-state index contributed by atoms with van der Waals surface area (Å²) in [6.07, 6.45) is -4.12. The molecule has 3 rings (SSSR count). The molecule has 0 bridgehead atoms. The summed E-state index contributed by atoms with van der Waals surface area (Å²) in [6.45, 7) is 9.14. The molecule has 0 radical (unpaired) electrons. The van der Waals surface area contributed by atoms with Crippen LogP contribution in [0.15, 0.2) is 24.3 Å². The topological polar surface area (TPSA) is 43.9 Å². The van der Waals surface area contributed by atoms with E-state index in [1.54, 1.807) is 15.9 Å². The normalized spacial score (nSPS) is 23.3. The number of likely N-dealkylation sites (N-methyl/N-ethyl adjacent to an activating group) is 1. The summed E-state index contributed by atoms with van der Waals surface area (Å²) >= 11 is 0. The van der Waals surface area contributed by atoms with Gasteiger partial charge in [-0.1, -0.05) is 39.0 Å². The predicted molar refractivity (Wildman–Crippen MR) is 112 cm³/mol. The molecule has 2 amide bonds. The Morgan fingerprint density at radius 1 is 1.00 bits per heavy atom. The Kier molecular flexibility index (Phi) is 6.69. The van der Waals surface area contributed by atoms with E-state index >= 15 is 0 Å². The van der Waals surface area contributed by atoms with Gasteiger partial charge in [0.15, 0.2) is 0 Å². The Morgan fingerprint density at radius 2 is 1.65 bits per heavy atom. The van der Waals surface area contributed by atoms with Crippen LogP contribution >= 0.6 is 0 Å². The highest BCUT2D eigenvalue weighted by atomic mass is 19.4. The Morgan fingerprint density at radius 3 is 2.23 bits per heavy atom. The first-order valence-corrected chi connectivity index (χ1v) is 10.8. The molecule has 1 aromatic carbocycles. The van der Waals surface area contributed by atoms with Crippen molar-refractivity contribution in [1.29, 1.82) is 0 Å². The molecular weight excluding hydrogens is 407 g/mol. The summed E-state index contributed by atoms with van der Waals surface area (Å²) in [5.41, 5.74) is -0.467. The van der Waals surface area contributed by atoms with Gasteiger partial charge in [0.2, 0.25) is 11.8 Å². The number of hydrogen-bond acceptors (Lipinski definition) is 3. The minimum atomic E-state index is -4.45. The SMILES string of the molecule is CN1CCN(C(=O)C2CN(C(=O)CC(C)(C)C)CC2c2cccc(C(F)(F)F)c2)CC1. The van der Waals surface area contributed by atoms with E-state index in [1.807, 2.05) is 27.8 Å². The first-order chi connectivity index (χ1) is 14.3. The molecule has 2 fully saturated rings. The van der Waals surface area contributed by atoms with Crippen LogP contribution in [0.4, 0.5) is 13.2 Å². The van der Waals surface area contributed by atoms with Crippen molar-refractivity contribution in [3.8, 4) is 0 Å². The second kappa shape index (κ2) is 8.81. The van der Waals surface area contributed by atoms with Crippen molar-refractivity contribution in [3.05, 3.63) is 35.4 Å². The molecule has 2 aliphatic rings. The number of alkyl halides is 3. The fourth-order valence-electron chi connectivity index (χ4n) is 4.37. The lowest BCUT2D eigenvalue weighted by Gasteiger charge is -2.35. The van der Waals surface area contributed by atoms with Gasteiger partial charge in [-0.3, -0.25) is 9.59 Å². The van der Waals surface area contributed by atoms with Crippen molar-refractivity contribution in [3.63, 3.8) is 0 Å². The minimum Gasteiger partial charge on any atom is -0.341 e. The third-order valence-electron chi connectivity index (χ3n) is 6.13. The van der Waals surface area contributed by atoms with E-state index in [9.17, 15) is 22.8 Å². The number of piperazine rings is 1. The van der Waals surface area contributed by atoms with Gasteiger partial charge in [-0.25, -0.2) is 0 Å². The molecule has 2 heterocycles. The molecule has 0 saturated carbocycles. The van der Waals surface area contributed by atoms with Crippen LogP contribution in [0.5, 0.6) is 0 Å². The van der Waals surface area contributed by atoms with E-state index in [4.69, 9.17) is 0 Å². The number of likely N-dealkylation sites (tertiary alicyclic amines) is 1. The summed E-state index contributed by atoms with van der Waals surface area (Å²) in [5.74, 6) is -1.10. The van der Waals surface area contributed by atoms with Crippen LogP contribution in [-0.4, -0.2) is 72.8 Å². The zero-order valence-corrected chi connectivity index (χ0v) is 18.7. The third-order valence-corrected chi connectivity index (χ3v) is 6.13. The van der Waals surface area contributed by atoms with Crippen LogP contribution in [0, 0.1) is 11.3 Å². The van der Waals surface area contributed by atoms with Gasteiger partial charge in [0.05, 0.1) is 11.5 Å². The van der Waals surface area contributed by atoms with E-state index in [0.29, 0.717) is 25.1 Å². The van der Waals surface area contributed by atoms with Crippen LogP contribution < -0.4 is 0 Å². The maximum absolute atomic E-state index is 13.4. The van der Waals surface area contributed by atoms with Gasteiger partial charge in [0.25, 0.3) is 0 Å². The highest BCUT2D eigenvalue weighted by Gasteiger charge is 2.43. The second-order valence-corrected chi connectivity index (χ2v) is 10.0. The van der Waals surface area contributed by atoms with E-state index in [0.717, 1.165) is 25.2 Å². The number of benzene rings is 1. The maximum Gasteiger partial charge on any atom is 0.416 e. The standard InChI is InChI=1S/C23H32F3N3O2/c1-22(2,3)13-20(30)29-14-18(16-6-5-7-17(12-16)23(24,25)26)19(15-29)21(31)28-10-8-27(4)9-11-28/h5-7,12,18-19H,8-11,13-15H2,1-4H3. The van der Waals surface area contributed by atoms with E-state index in [1.165, 1.54) is 6.07 Å². The van der Waals surface area contributed by atoms with E-state index in [2.05, 4.69) is 4.90 Å². The van der Waals surface area contributed by atoms with Crippen LogP contribution in [-0.2, 0) is 15.8 Å². The highest BCUT2D eigenvalue weighted by Crippen LogP contribution is 2.38. The van der Waals surface area contributed by atoms with Crippen LogP contribution in [0.25, 0.3) is 0 Å². The Labute approximate surface area is 182 Å². The first kappa shape index (κ1) is 23.6. The number of rotatable bonds is 3. The average Bonchev–Trinajstić information content (AvgIpc) is 3.12. The molecule has 0 aromatic heterocycles. The zero-order chi connectivity index (χ0) is 23.0. The summed E-state index contributed by atoms with van der Waals surface area (Å²) < 4.78 is 39.9. The summed E-state index contributed by atoms with van der Waals surface area (Å²) in [5, 5.41) is 0. The molecule has 31 heavy (non-hydrogen) atoms. The molecule has 1 aromatic rings. The summed E-state index contributed by atoms with van der Waals surface area (Å²) in [4.78, 5) is 31.8. The van der Waals surface area contributed by atoms with Crippen molar-refractivity contribution in [1.82, 2.24) is 14.7 Å². The van der Waals surface area contributed by atoms with Crippen molar-refractivity contribution in [2.75, 3.05) is 46.3 Å². The smallest absolute Gasteiger partial charge is 0.341 e. The molecule has 8 heteroatoms. The van der Waals surface area contributed by atoms with Gasteiger partial charge < -0.3 is 14.7 Å². The molecule has 0 aliphatic carbocycles. The van der Waals surface area contributed by atoms with Crippen molar-refractivity contribution < 1.29 is 22.8 Å². The van der Waals surface area contributed by atoms with Gasteiger partial charge in [-0.2, -0.15) is 13.2 Å². The van der Waals surface area contributed by atoms with Gasteiger partial charge in [-0.05, 0) is 24.1 Å². The fraction of sp³-hybridized carbons (Fsp3) is 0.652. The number of carbonyl (C=O) groups excluding carboxylic acids is 2. The highest BCUT2D eigenvalue weighted by molar-refractivity contribution is 5.83. The number of hydrogen-bond donors (Lipinski definition) is 0. The van der Waals surface area contributed by atoms with Crippen LogP contribution in [0.2, 0.25) is 0 Å². The van der Waals surface area contributed by atoms with Crippen molar-refractivity contribution >= 4 is 11.8 Å².